The van der Waals surface area contributed by atoms with Crippen LogP contribution in [-0.4, -0.2) is 12.0 Å². The maximum absolute atomic E-state index is 10.1. The molecule has 1 atom stereocenters. The second kappa shape index (κ2) is 2.58. The van der Waals surface area contributed by atoms with Crippen LogP contribution >= 0.6 is 0 Å². The number of esters is 1. The van der Waals surface area contributed by atoms with Crippen molar-refractivity contribution in [2.75, 3.05) is 0 Å². The van der Waals surface area contributed by atoms with E-state index in [1.54, 1.807) is 0 Å². The van der Waals surface area contributed by atoms with Crippen LogP contribution in [-0.2, 0) is 9.53 Å². The smallest absolute Gasteiger partial charge is 0.322 e. The highest BCUT2D eigenvalue weighted by Gasteiger charge is 2.03. The van der Waals surface area contributed by atoms with Crippen molar-refractivity contribution in [1.29, 1.82) is 0 Å². The molecule has 7 heavy (non-hydrogen) atoms. The van der Waals surface area contributed by atoms with Gasteiger partial charge in [-0.2, -0.15) is 0 Å². The van der Waals surface area contributed by atoms with Gasteiger partial charge in [0.25, 0.3) is 0 Å². The van der Waals surface area contributed by atoms with Crippen molar-refractivity contribution in [3.63, 3.8) is 0 Å². The minimum atomic E-state index is -0.558. The summed E-state index contributed by atoms with van der Waals surface area (Å²) < 4.78 is 4.00. The molecular weight excluding hydrogens is 94.0 g/mol. The first-order chi connectivity index (χ1) is 3.18. The maximum Gasteiger partial charge on any atom is 0.322 e. The molecule has 0 fully saturated rings. The van der Waals surface area contributed by atoms with Crippen LogP contribution in [0.1, 0.15) is 6.92 Å². The van der Waals surface area contributed by atoms with Crippen LogP contribution < -0.4 is 5.73 Å². The van der Waals surface area contributed by atoms with Gasteiger partial charge in [0.1, 0.15) is 13.2 Å². The van der Waals surface area contributed by atoms with Gasteiger partial charge in [0.2, 0.25) is 0 Å². The van der Waals surface area contributed by atoms with Crippen LogP contribution in [0.25, 0.3) is 0 Å². The summed E-state index contributed by atoms with van der Waals surface area (Å²) >= 11 is 0. The lowest BCUT2D eigenvalue weighted by Crippen LogP contribution is -2.26. The minimum absolute atomic E-state index is 0.486. The molecule has 0 aromatic heterocycles. The van der Waals surface area contributed by atoms with Gasteiger partial charge in [-0.15, -0.1) is 0 Å². The zero-order chi connectivity index (χ0) is 5.86. The topological polar surface area (TPSA) is 52.3 Å². The number of nitrogens with two attached hydrogens (primary N) is 1. The predicted octanol–water partition coefficient (Wildman–Crippen LogP) is -0.332. The van der Waals surface area contributed by atoms with E-state index in [4.69, 9.17) is 5.73 Å². The third-order valence-corrected chi connectivity index (χ3v) is 0.514. The molecule has 0 spiro atoms. The highest BCUT2D eigenvalue weighted by molar-refractivity contribution is 5.74. The van der Waals surface area contributed by atoms with Gasteiger partial charge in [-0.05, 0) is 6.92 Å². The first-order valence-corrected chi connectivity index (χ1v) is 1.90. The Morgan fingerprint density at radius 3 is 2.43 bits per heavy atom. The molecule has 3 heteroatoms. The van der Waals surface area contributed by atoms with Gasteiger partial charge >= 0.3 is 5.97 Å². The summed E-state index contributed by atoms with van der Waals surface area (Å²) in [6.07, 6.45) is 0. The highest BCUT2D eigenvalue weighted by atomic mass is 16.5. The fraction of sp³-hybridized carbons (Fsp3) is 0.500. The molecule has 0 amide bonds. The third kappa shape index (κ3) is 2.17. The molecule has 41 valence electrons. The second-order valence-electron chi connectivity index (χ2n) is 1.25. The van der Waals surface area contributed by atoms with Gasteiger partial charge in [0.15, 0.2) is 0 Å². The van der Waals surface area contributed by atoms with Crippen molar-refractivity contribution in [2.45, 2.75) is 13.0 Å². The molecule has 2 N–H and O–H groups in total. The molecule has 0 aromatic carbocycles. The molecule has 0 bridgehead atoms. The molecule has 1 radical (unpaired) electrons. The van der Waals surface area contributed by atoms with Crippen LogP contribution in [0, 0.1) is 7.11 Å². The van der Waals surface area contributed by atoms with Gasteiger partial charge in [-0.1, -0.05) is 0 Å². The number of hydrogen-bond donors (Lipinski definition) is 1. The monoisotopic (exact) mass is 102 g/mol. The van der Waals surface area contributed by atoms with Gasteiger partial charge < -0.3 is 10.5 Å². The van der Waals surface area contributed by atoms with Crippen LogP contribution in [0.15, 0.2) is 0 Å². The Kier molecular flexibility index (Phi) is 2.37. The number of carbonyl (C=O) groups is 1. The van der Waals surface area contributed by atoms with Crippen LogP contribution in [0.3, 0.4) is 0 Å². The quantitative estimate of drug-likeness (QED) is 0.461. The first-order valence-electron chi connectivity index (χ1n) is 1.90. The van der Waals surface area contributed by atoms with Crippen molar-refractivity contribution in [3.8, 4) is 0 Å². The first kappa shape index (κ1) is 6.43. The zero-order valence-electron chi connectivity index (χ0n) is 4.18. The van der Waals surface area contributed by atoms with Gasteiger partial charge in [-0.3, -0.25) is 4.79 Å². The Balaban J connectivity index is 3.35. The molecule has 3 nitrogen and oxygen atoms in total. The second-order valence-corrected chi connectivity index (χ2v) is 1.25. The number of rotatable bonds is 1. The van der Waals surface area contributed by atoms with Crippen LogP contribution in [0.2, 0.25) is 0 Å². The highest BCUT2D eigenvalue weighted by Crippen LogP contribution is 1.78. The average Bonchev–Trinajstić information content (AvgIpc) is 1.65. The molecule has 0 rings (SSSR count). The summed E-state index contributed by atoms with van der Waals surface area (Å²) in [5.74, 6) is -0.486. The molecule has 0 aliphatic rings. The lowest BCUT2D eigenvalue weighted by molar-refractivity contribution is -0.139. The molecular formula is C4H8NO2. The summed E-state index contributed by atoms with van der Waals surface area (Å²) in [7, 11) is 2.88. The summed E-state index contributed by atoms with van der Waals surface area (Å²) in [5, 5.41) is 0. The SMILES string of the molecule is [CH2]OC(=O)C(C)N. The van der Waals surface area contributed by atoms with E-state index in [9.17, 15) is 4.79 Å². The Hall–Kier alpha value is -0.570. The Bertz CT molecular complexity index is 70.1. The van der Waals surface area contributed by atoms with E-state index >= 15 is 0 Å². The van der Waals surface area contributed by atoms with Crippen LogP contribution in [0.4, 0.5) is 0 Å². The van der Waals surface area contributed by atoms with E-state index in [1.807, 2.05) is 0 Å². The summed E-state index contributed by atoms with van der Waals surface area (Å²) in [4.78, 5) is 10.1. The van der Waals surface area contributed by atoms with Crippen molar-refractivity contribution < 1.29 is 9.53 Å². The fourth-order valence-electron chi connectivity index (χ4n) is 0.131. The summed E-state index contributed by atoms with van der Waals surface area (Å²) in [6.45, 7) is 1.54. The van der Waals surface area contributed by atoms with Crippen molar-refractivity contribution >= 4 is 5.97 Å². The average molecular weight is 102 g/mol. The van der Waals surface area contributed by atoms with Crippen molar-refractivity contribution in [2.24, 2.45) is 5.73 Å². The van der Waals surface area contributed by atoms with E-state index in [0.717, 1.165) is 0 Å². The van der Waals surface area contributed by atoms with E-state index in [2.05, 4.69) is 11.8 Å². The molecule has 0 heterocycles. The molecule has 0 aliphatic carbocycles. The van der Waals surface area contributed by atoms with E-state index < -0.39 is 12.0 Å². The number of carbonyl (C=O) groups excluding carboxylic acids is 1. The van der Waals surface area contributed by atoms with Crippen molar-refractivity contribution in [3.05, 3.63) is 7.11 Å². The summed E-state index contributed by atoms with van der Waals surface area (Å²) in [6, 6.07) is -0.558. The predicted molar refractivity (Wildman–Crippen MR) is 25.1 cm³/mol. The fourth-order valence-corrected chi connectivity index (χ4v) is 0.131. The number of hydrogen-bond acceptors (Lipinski definition) is 3. The lowest BCUT2D eigenvalue weighted by atomic mass is 10.4. The molecule has 0 saturated heterocycles. The standard InChI is InChI=1S/C4H8NO2/c1-3(5)4(6)7-2/h3H,2,5H2,1H3. The minimum Gasteiger partial charge on any atom is -0.461 e. The van der Waals surface area contributed by atoms with E-state index in [1.165, 1.54) is 6.92 Å². The zero-order valence-corrected chi connectivity index (χ0v) is 4.18. The Morgan fingerprint density at radius 2 is 2.43 bits per heavy atom. The normalized spacial score (nSPS) is 13.0. The molecule has 1 unspecified atom stereocenters. The van der Waals surface area contributed by atoms with Gasteiger partial charge in [0.05, 0.1) is 0 Å². The number of ether oxygens (including phenoxy) is 1. The molecule has 0 aromatic rings. The lowest BCUT2D eigenvalue weighted by Gasteiger charge is -1.97. The largest absolute Gasteiger partial charge is 0.461 e. The van der Waals surface area contributed by atoms with E-state index in [0.29, 0.717) is 0 Å². The Morgan fingerprint density at radius 1 is 2.00 bits per heavy atom. The van der Waals surface area contributed by atoms with E-state index in [-0.39, 0.29) is 0 Å². The third-order valence-electron chi connectivity index (χ3n) is 0.514. The van der Waals surface area contributed by atoms with Crippen molar-refractivity contribution in [1.82, 2.24) is 0 Å². The van der Waals surface area contributed by atoms with Gasteiger partial charge in [0, 0.05) is 0 Å². The molecule has 0 aliphatic heterocycles. The summed E-state index contributed by atoms with van der Waals surface area (Å²) in [5.41, 5.74) is 5.03. The Labute approximate surface area is 42.4 Å². The van der Waals surface area contributed by atoms with Gasteiger partial charge in [-0.25, -0.2) is 0 Å². The molecule has 0 saturated carbocycles. The maximum atomic E-state index is 10.1. The van der Waals surface area contributed by atoms with Crippen LogP contribution in [0.5, 0.6) is 0 Å².